The topological polar surface area (TPSA) is 80.6 Å². The number of para-hydroxylation sites is 1. The number of aryl methyl sites for hydroxylation is 1. The van der Waals surface area contributed by atoms with E-state index in [2.05, 4.69) is 15.0 Å². The van der Waals surface area contributed by atoms with Crippen molar-refractivity contribution in [3.63, 3.8) is 0 Å². The monoisotopic (exact) mass is 276 g/mol. The van der Waals surface area contributed by atoms with E-state index in [1.165, 1.54) is 6.26 Å². The van der Waals surface area contributed by atoms with Crippen LogP contribution in [0.2, 0.25) is 0 Å². The molecule has 3 aromatic rings. The summed E-state index contributed by atoms with van der Waals surface area (Å²) >= 11 is 0. The molecule has 0 atom stereocenters. The molecule has 1 aromatic carbocycles. The van der Waals surface area contributed by atoms with Gasteiger partial charge < -0.3 is 9.55 Å². The SMILES string of the molecule is Cn1cnc(-c2nc3c(S(C)(=O)=O)cccc3[nH]2)c1. The summed E-state index contributed by atoms with van der Waals surface area (Å²) in [6.45, 7) is 0. The third-order valence-electron chi connectivity index (χ3n) is 2.82. The number of hydrogen-bond donors (Lipinski definition) is 1. The second-order valence-electron chi connectivity index (χ2n) is 4.43. The molecule has 0 saturated carbocycles. The summed E-state index contributed by atoms with van der Waals surface area (Å²) in [6, 6.07) is 5.04. The molecule has 1 N–H and O–H groups in total. The van der Waals surface area contributed by atoms with E-state index in [1.807, 2.05) is 13.2 Å². The van der Waals surface area contributed by atoms with Crippen LogP contribution in [0, 0.1) is 0 Å². The van der Waals surface area contributed by atoms with Gasteiger partial charge in [-0.05, 0) is 12.1 Å². The molecule has 2 aromatic heterocycles. The second kappa shape index (κ2) is 3.92. The first-order valence-corrected chi connectivity index (χ1v) is 7.51. The van der Waals surface area contributed by atoms with Gasteiger partial charge in [-0.2, -0.15) is 0 Å². The van der Waals surface area contributed by atoms with Crippen molar-refractivity contribution in [1.29, 1.82) is 0 Å². The molecular weight excluding hydrogens is 264 g/mol. The van der Waals surface area contributed by atoms with Gasteiger partial charge in [0.2, 0.25) is 0 Å². The Kier molecular flexibility index (Phi) is 2.46. The Bertz CT molecular complexity index is 861. The summed E-state index contributed by atoms with van der Waals surface area (Å²) in [5.74, 6) is 0.562. The molecule has 0 spiro atoms. The predicted octanol–water partition coefficient (Wildman–Crippen LogP) is 1.37. The largest absolute Gasteiger partial charge is 0.340 e. The van der Waals surface area contributed by atoms with Gasteiger partial charge in [0.15, 0.2) is 15.7 Å². The lowest BCUT2D eigenvalue weighted by Gasteiger charge is -1.97. The van der Waals surface area contributed by atoms with Crippen molar-refractivity contribution in [2.24, 2.45) is 7.05 Å². The quantitative estimate of drug-likeness (QED) is 0.766. The second-order valence-corrected chi connectivity index (χ2v) is 6.42. The summed E-state index contributed by atoms with van der Waals surface area (Å²) in [4.78, 5) is 11.9. The van der Waals surface area contributed by atoms with Crippen LogP contribution in [0.3, 0.4) is 0 Å². The van der Waals surface area contributed by atoms with Gasteiger partial charge in [-0.15, -0.1) is 0 Å². The van der Waals surface area contributed by atoms with Crippen molar-refractivity contribution in [3.05, 3.63) is 30.7 Å². The zero-order valence-corrected chi connectivity index (χ0v) is 11.3. The van der Waals surface area contributed by atoms with E-state index in [1.54, 1.807) is 29.1 Å². The van der Waals surface area contributed by atoms with Crippen molar-refractivity contribution in [3.8, 4) is 11.5 Å². The Morgan fingerprint density at radius 3 is 2.74 bits per heavy atom. The number of nitrogens with zero attached hydrogens (tertiary/aromatic N) is 3. The van der Waals surface area contributed by atoms with Crippen LogP contribution in [-0.2, 0) is 16.9 Å². The molecular formula is C12H12N4O2S. The van der Waals surface area contributed by atoms with Crippen molar-refractivity contribution in [2.45, 2.75) is 4.90 Å². The molecule has 0 radical (unpaired) electrons. The summed E-state index contributed by atoms with van der Waals surface area (Å²) in [7, 11) is -1.44. The van der Waals surface area contributed by atoms with Crippen LogP contribution in [-0.4, -0.2) is 34.2 Å². The lowest BCUT2D eigenvalue weighted by atomic mass is 10.3. The average Bonchev–Trinajstić information content (AvgIpc) is 2.92. The van der Waals surface area contributed by atoms with Crippen molar-refractivity contribution in [2.75, 3.05) is 6.26 Å². The van der Waals surface area contributed by atoms with Crippen LogP contribution in [0.4, 0.5) is 0 Å². The summed E-state index contributed by atoms with van der Waals surface area (Å²) < 4.78 is 25.3. The summed E-state index contributed by atoms with van der Waals surface area (Å²) in [5, 5.41) is 0. The van der Waals surface area contributed by atoms with E-state index in [4.69, 9.17) is 0 Å². The van der Waals surface area contributed by atoms with E-state index in [9.17, 15) is 8.42 Å². The van der Waals surface area contributed by atoms with Gasteiger partial charge in [-0.25, -0.2) is 18.4 Å². The molecule has 0 amide bonds. The molecule has 0 unspecified atom stereocenters. The smallest absolute Gasteiger partial charge is 0.177 e. The Labute approximate surface area is 110 Å². The number of fused-ring (bicyclic) bond motifs is 1. The Hall–Kier alpha value is -2.15. The number of aromatic amines is 1. The Morgan fingerprint density at radius 1 is 1.32 bits per heavy atom. The maximum absolute atomic E-state index is 11.7. The van der Waals surface area contributed by atoms with Gasteiger partial charge in [0.05, 0.1) is 16.7 Å². The minimum absolute atomic E-state index is 0.225. The molecule has 2 heterocycles. The van der Waals surface area contributed by atoms with Crippen molar-refractivity contribution in [1.82, 2.24) is 19.5 Å². The maximum atomic E-state index is 11.7. The first-order valence-electron chi connectivity index (χ1n) is 5.62. The molecule has 0 saturated heterocycles. The molecule has 19 heavy (non-hydrogen) atoms. The summed E-state index contributed by atoms with van der Waals surface area (Å²) in [6.07, 6.45) is 4.66. The van der Waals surface area contributed by atoms with E-state index in [0.29, 0.717) is 22.6 Å². The molecule has 3 rings (SSSR count). The predicted molar refractivity (Wildman–Crippen MR) is 71.4 cm³/mol. The standard InChI is InChI=1S/C12H12N4O2S/c1-16-6-9(13-7-16)12-14-8-4-3-5-10(11(8)15-12)19(2,17)18/h3-7H,1-2H3,(H,14,15). The number of nitrogens with one attached hydrogen (secondary N) is 1. The molecule has 0 fully saturated rings. The zero-order chi connectivity index (χ0) is 13.6. The van der Waals surface area contributed by atoms with Crippen LogP contribution >= 0.6 is 0 Å². The summed E-state index contributed by atoms with van der Waals surface area (Å²) in [5.41, 5.74) is 1.81. The number of H-pyrrole nitrogens is 1. The van der Waals surface area contributed by atoms with E-state index in [0.717, 1.165) is 0 Å². The Balaban J connectivity index is 2.27. The molecule has 6 nitrogen and oxygen atoms in total. The van der Waals surface area contributed by atoms with E-state index >= 15 is 0 Å². The molecule has 98 valence electrons. The third kappa shape index (κ3) is 2.01. The van der Waals surface area contributed by atoms with Crippen LogP contribution in [0.1, 0.15) is 0 Å². The molecule has 7 heteroatoms. The van der Waals surface area contributed by atoms with Crippen molar-refractivity contribution >= 4 is 20.9 Å². The fourth-order valence-electron chi connectivity index (χ4n) is 1.96. The first-order chi connectivity index (χ1) is 8.95. The highest BCUT2D eigenvalue weighted by atomic mass is 32.2. The number of aromatic nitrogens is 4. The first kappa shape index (κ1) is 11.9. The fourth-order valence-corrected chi connectivity index (χ4v) is 2.79. The Morgan fingerprint density at radius 2 is 2.11 bits per heavy atom. The lowest BCUT2D eigenvalue weighted by Crippen LogP contribution is -1.97. The number of sulfone groups is 1. The highest BCUT2D eigenvalue weighted by molar-refractivity contribution is 7.91. The van der Waals surface area contributed by atoms with Gasteiger partial charge >= 0.3 is 0 Å². The van der Waals surface area contributed by atoms with Gasteiger partial charge in [0.1, 0.15) is 11.2 Å². The molecule has 0 bridgehead atoms. The van der Waals surface area contributed by atoms with Crippen LogP contribution in [0.5, 0.6) is 0 Å². The highest BCUT2D eigenvalue weighted by Gasteiger charge is 2.16. The molecule has 0 aliphatic carbocycles. The molecule has 0 aliphatic heterocycles. The van der Waals surface area contributed by atoms with Gasteiger partial charge in [-0.1, -0.05) is 6.07 Å². The lowest BCUT2D eigenvalue weighted by molar-refractivity contribution is 0.602. The maximum Gasteiger partial charge on any atom is 0.177 e. The van der Waals surface area contributed by atoms with E-state index < -0.39 is 9.84 Å². The van der Waals surface area contributed by atoms with Crippen molar-refractivity contribution < 1.29 is 8.42 Å². The molecule has 0 aliphatic rings. The minimum Gasteiger partial charge on any atom is -0.340 e. The van der Waals surface area contributed by atoms with Gasteiger partial charge in [0.25, 0.3) is 0 Å². The van der Waals surface area contributed by atoms with Crippen LogP contribution in [0.25, 0.3) is 22.6 Å². The fraction of sp³-hybridized carbons (Fsp3) is 0.167. The number of benzene rings is 1. The minimum atomic E-state index is -3.30. The highest BCUT2D eigenvalue weighted by Crippen LogP contribution is 2.24. The average molecular weight is 276 g/mol. The normalized spacial score (nSPS) is 12.1. The van der Waals surface area contributed by atoms with Crippen LogP contribution < -0.4 is 0 Å². The van der Waals surface area contributed by atoms with E-state index in [-0.39, 0.29) is 4.90 Å². The number of hydrogen-bond acceptors (Lipinski definition) is 4. The number of imidazole rings is 2. The zero-order valence-electron chi connectivity index (χ0n) is 10.5. The third-order valence-corrected chi connectivity index (χ3v) is 3.95. The number of rotatable bonds is 2. The van der Waals surface area contributed by atoms with Crippen LogP contribution in [0.15, 0.2) is 35.6 Å². The van der Waals surface area contributed by atoms with Gasteiger partial charge in [0, 0.05) is 19.5 Å². The van der Waals surface area contributed by atoms with Gasteiger partial charge in [-0.3, -0.25) is 0 Å².